The number of hydrogen-bond acceptors (Lipinski definition) is 6. The highest BCUT2D eigenvalue weighted by Crippen LogP contribution is 2.36. The number of halogens is 2. The zero-order chi connectivity index (χ0) is 24.8. The number of rotatable bonds is 8. The summed E-state index contributed by atoms with van der Waals surface area (Å²) < 4.78 is 46.5. The predicted octanol–water partition coefficient (Wildman–Crippen LogP) is 4.74. The number of ketones is 1. The molecule has 1 aliphatic rings. The molecule has 1 aliphatic heterocycles. The van der Waals surface area contributed by atoms with Crippen LogP contribution in [0, 0.1) is 0 Å². The van der Waals surface area contributed by atoms with Crippen LogP contribution in [0.5, 0.6) is 0 Å². The third kappa shape index (κ3) is 5.60. The van der Waals surface area contributed by atoms with Gasteiger partial charge in [-0.15, -0.1) is 0 Å². The molecular formula is C27H22F2O6. The second-order valence-corrected chi connectivity index (χ2v) is 7.99. The van der Waals surface area contributed by atoms with Gasteiger partial charge in [0.2, 0.25) is 5.78 Å². The van der Waals surface area contributed by atoms with Gasteiger partial charge in [0.25, 0.3) is 0 Å². The number of carbonyl (C=O) groups excluding carboxylic acids is 3. The van der Waals surface area contributed by atoms with E-state index in [0.29, 0.717) is 0 Å². The predicted molar refractivity (Wildman–Crippen MR) is 121 cm³/mol. The van der Waals surface area contributed by atoms with Crippen LogP contribution in [-0.2, 0) is 14.2 Å². The number of benzene rings is 3. The van der Waals surface area contributed by atoms with Crippen LogP contribution in [0.15, 0.2) is 91.0 Å². The van der Waals surface area contributed by atoms with Gasteiger partial charge in [0, 0.05) is 12.0 Å². The van der Waals surface area contributed by atoms with E-state index < -0.39 is 55.0 Å². The van der Waals surface area contributed by atoms with Crippen molar-refractivity contribution < 1.29 is 37.4 Å². The molecule has 0 radical (unpaired) electrons. The average molecular weight is 480 g/mol. The van der Waals surface area contributed by atoms with Crippen LogP contribution in [-0.4, -0.2) is 48.6 Å². The van der Waals surface area contributed by atoms with Gasteiger partial charge in [0.1, 0.15) is 24.9 Å². The molecule has 1 saturated heterocycles. The van der Waals surface area contributed by atoms with Gasteiger partial charge in [-0.2, -0.15) is 8.78 Å². The van der Waals surface area contributed by atoms with Crippen molar-refractivity contribution in [1.29, 1.82) is 0 Å². The highest BCUT2D eigenvalue weighted by molar-refractivity contribution is 6.01. The summed E-state index contributed by atoms with van der Waals surface area (Å²) in [6.45, 7) is -0.438. The molecule has 35 heavy (non-hydrogen) atoms. The summed E-state index contributed by atoms with van der Waals surface area (Å²) >= 11 is 0. The van der Waals surface area contributed by atoms with E-state index in [1.54, 1.807) is 54.6 Å². The molecule has 180 valence electrons. The molecule has 3 aromatic carbocycles. The zero-order valence-electron chi connectivity index (χ0n) is 18.5. The minimum absolute atomic E-state index is 0.169. The molecule has 3 atom stereocenters. The third-order valence-corrected chi connectivity index (χ3v) is 5.60. The van der Waals surface area contributed by atoms with Crippen LogP contribution in [0.4, 0.5) is 8.78 Å². The summed E-state index contributed by atoms with van der Waals surface area (Å²) in [5, 5.41) is 0. The van der Waals surface area contributed by atoms with Crippen LogP contribution in [0.25, 0.3) is 0 Å². The van der Waals surface area contributed by atoms with E-state index >= 15 is 8.78 Å². The molecule has 0 spiro atoms. The maximum Gasteiger partial charge on any atom is 0.338 e. The first-order chi connectivity index (χ1) is 16.9. The fourth-order valence-electron chi connectivity index (χ4n) is 3.74. The van der Waals surface area contributed by atoms with Crippen LogP contribution in [0.3, 0.4) is 0 Å². The Morgan fingerprint density at radius 2 is 1.26 bits per heavy atom. The second kappa shape index (κ2) is 10.6. The summed E-state index contributed by atoms with van der Waals surface area (Å²) in [7, 11) is 0. The minimum Gasteiger partial charge on any atom is -0.459 e. The first-order valence-electron chi connectivity index (χ1n) is 11.0. The number of esters is 2. The topological polar surface area (TPSA) is 78.9 Å². The molecule has 0 saturated carbocycles. The van der Waals surface area contributed by atoms with Crippen LogP contribution in [0.2, 0.25) is 0 Å². The van der Waals surface area contributed by atoms with Gasteiger partial charge in [-0.1, -0.05) is 66.7 Å². The largest absolute Gasteiger partial charge is 0.459 e. The number of ether oxygens (including phenoxy) is 3. The SMILES string of the molecule is O=C(OC[C@H]1O[C@H](C(F)(F)C(=O)c2ccccc2)C[C@@H]1OC(=O)c1ccccc1)c1ccccc1. The van der Waals surface area contributed by atoms with E-state index in [1.165, 1.54) is 36.4 Å². The van der Waals surface area contributed by atoms with Gasteiger partial charge in [0.05, 0.1) is 11.1 Å². The molecule has 8 heteroatoms. The summed E-state index contributed by atoms with van der Waals surface area (Å²) in [6.07, 6.45) is -4.66. The fraction of sp³-hybridized carbons (Fsp3) is 0.222. The van der Waals surface area contributed by atoms with E-state index in [4.69, 9.17) is 14.2 Å². The van der Waals surface area contributed by atoms with Crippen molar-refractivity contribution in [3.05, 3.63) is 108 Å². The Morgan fingerprint density at radius 3 is 1.80 bits per heavy atom. The van der Waals surface area contributed by atoms with Crippen molar-refractivity contribution in [3.8, 4) is 0 Å². The van der Waals surface area contributed by atoms with Crippen LogP contribution >= 0.6 is 0 Å². The Morgan fingerprint density at radius 1 is 0.771 bits per heavy atom. The molecule has 3 aromatic rings. The first kappa shape index (κ1) is 24.2. The van der Waals surface area contributed by atoms with E-state index in [1.807, 2.05) is 0 Å². The monoisotopic (exact) mass is 480 g/mol. The van der Waals surface area contributed by atoms with Crippen molar-refractivity contribution in [3.63, 3.8) is 0 Å². The molecular weight excluding hydrogens is 458 g/mol. The molecule has 1 fully saturated rings. The lowest BCUT2D eigenvalue weighted by Gasteiger charge is -2.22. The smallest absolute Gasteiger partial charge is 0.338 e. The maximum absolute atomic E-state index is 15.2. The lowest BCUT2D eigenvalue weighted by Crippen LogP contribution is -2.42. The van der Waals surface area contributed by atoms with Crippen molar-refractivity contribution in [2.24, 2.45) is 0 Å². The van der Waals surface area contributed by atoms with E-state index in [2.05, 4.69) is 0 Å². The first-order valence-corrected chi connectivity index (χ1v) is 11.0. The standard InChI is InChI=1S/C27H22F2O6/c28-27(29,24(30)18-10-4-1-5-11-18)23-16-21(35-26(32)20-14-8-3-9-15-20)22(34-23)17-33-25(31)19-12-6-2-7-13-19/h1-15,21-23H,16-17H2/t21-,22+,23-/m0/s1. The number of Topliss-reactive ketones (excluding diaryl/α,β-unsaturated/α-hetero) is 1. The molecule has 0 bridgehead atoms. The molecule has 4 rings (SSSR count). The fourth-order valence-corrected chi connectivity index (χ4v) is 3.74. The van der Waals surface area contributed by atoms with Gasteiger partial charge in [-0.05, 0) is 24.3 Å². The van der Waals surface area contributed by atoms with Crippen molar-refractivity contribution in [2.75, 3.05) is 6.61 Å². The van der Waals surface area contributed by atoms with Gasteiger partial charge in [-0.3, -0.25) is 4.79 Å². The second-order valence-electron chi connectivity index (χ2n) is 7.99. The summed E-state index contributed by atoms with van der Waals surface area (Å²) in [4.78, 5) is 37.5. The zero-order valence-corrected chi connectivity index (χ0v) is 18.5. The molecule has 0 aromatic heterocycles. The molecule has 0 unspecified atom stereocenters. The number of alkyl halides is 2. The van der Waals surface area contributed by atoms with E-state index in [9.17, 15) is 14.4 Å². The van der Waals surface area contributed by atoms with Crippen LogP contribution in [0.1, 0.15) is 37.5 Å². The highest BCUT2D eigenvalue weighted by atomic mass is 19.3. The molecule has 6 nitrogen and oxygen atoms in total. The van der Waals surface area contributed by atoms with Crippen molar-refractivity contribution in [2.45, 2.75) is 30.7 Å². The average Bonchev–Trinajstić information content (AvgIpc) is 3.31. The number of carbonyl (C=O) groups is 3. The molecule has 1 heterocycles. The molecule has 0 N–H and O–H groups in total. The molecule has 0 aliphatic carbocycles. The number of hydrogen-bond donors (Lipinski definition) is 0. The maximum atomic E-state index is 15.2. The third-order valence-electron chi connectivity index (χ3n) is 5.60. The normalized spacial score (nSPS) is 19.7. The quantitative estimate of drug-likeness (QED) is 0.342. The van der Waals surface area contributed by atoms with Gasteiger partial charge < -0.3 is 14.2 Å². The van der Waals surface area contributed by atoms with E-state index in [-0.39, 0.29) is 16.7 Å². The lowest BCUT2D eigenvalue weighted by molar-refractivity contribution is -0.115. The Bertz CT molecular complexity index is 1170. The van der Waals surface area contributed by atoms with Crippen molar-refractivity contribution >= 4 is 17.7 Å². The van der Waals surface area contributed by atoms with Gasteiger partial charge in [0.15, 0.2) is 0 Å². The van der Waals surface area contributed by atoms with Crippen molar-refractivity contribution in [1.82, 2.24) is 0 Å². The van der Waals surface area contributed by atoms with E-state index in [0.717, 1.165) is 0 Å². The lowest BCUT2D eigenvalue weighted by atomic mass is 9.98. The Kier molecular flexibility index (Phi) is 7.31. The van der Waals surface area contributed by atoms with Gasteiger partial charge in [-0.25, -0.2) is 9.59 Å². The minimum atomic E-state index is -3.89. The Labute approximate surface area is 200 Å². The summed E-state index contributed by atoms with van der Waals surface area (Å²) in [5.41, 5.74) is 0.324. The van der Waals surface area contributed by atoms with Gasteiger partial charge >= 0.3 is 17.9 Å². The summed E-state index contributed by atoms with van der Waals surface area (Å²) in [5.74, 6) is -6.72. The highest BCUT2D eigenvalue weighted by Gasteiger charge is 2.55. The summed E-state index contributed by atoms with van der Waals surface area (Å²) in [6, 6.07) is 23.3. The Balaban J connectivity index is 1.51. The Hall–Kier alpha value is -3.91. The van der Waals surface area contributed by atoms with Crippen LogP contribution < -0.4 is 0 Å². The molecule has 0 amide bonds.